The molecule has 1 aliphatic heterocycles. The maximum atomic E-state index is 12.7. The van der Waals surface area contributed by atoms with Crippen molar-refractivity contribution < 1.29 is 14.3 Å². The number of anilines is 1. The van der Waals surface area contributed by atoms with Crippen LogP contribution in [-0.4, -0.2) is 52.6 Å². The largest absolute Gasteiger partial charge is 0.444 e. The van der Waals surface area contributed by atoms with Gasteiger partial charge in [-0.15, -0.1) is 0 Å². The number of ether oxygens (including phenoxy) is 1. The van der Waals surface area contributed by atoms with E-state index in [0.717, 1.165) is 6.42 Å². The first-order valence-corrected chi connectivity index (χ1v) is 8.29. The SMILES string of the molecule is CN(C(=O)C1CCCN(C(=O)OC(C)(C)C)C1)c1nccnc1Cl. The Hall–Kier alpha value is -1.89. The van der Waals surface area contributed by atoms with Gasteiger partial charge in [0, 0.05) is 32.5 Å². The molecule has 0 aliphatic carbocycles. The van der Waals surface area contributed by atoms with Crippen molar-refractivity contribution in [3.05, 3.63) is 17.5 Å². The van der Waals surface area contributed by atoms with E-state index in [2.05, 4.69) is 9.97 Å². The highest BCUT2D eigenvalue weighted by Crippen LogP contribution is 2.25. The fourth-order valence-corrected chi connectivity index (χ4v) is 2.82. The summed E-state index contributed by atoms with van der Waals surface area (Å²) in [6, 6.07) is 0. The van der Waals surface area contributed by atoms with Gasteiger partial charge in [0.25, 0.3) is 0 Å². The molecule has 132 valence electrons. The number of nitrogens with zero attached hydrogens (tertiary/aromatic N) is 4. The van der Waals surface area contributed by atoms with Crippen LogP contribution in [0.4, 0.5) is 10.6 Å². The van der Waals surface area contributed by atoms with E-state index >= 15 is 0 Å². The number of piperidine rings is 1. The minimum atomic E-state index is -0.558. The first kappa shape index (κ1) is 18.4. The zero-order valence-electron chi connectivity index (χ0n) is 14.5. The van der Waals surface area contributed by atoms with Gasteiger partial charge in [-0.2, -0.15) is 0 Å². The van der Waals surface area contributed by atoms with E-state index in [1.807, 2.05) is 20.8 Å². The monoisotopic (exact) mass is 354 g/mol. The smallest absolute Gasteiger partial charge is 0.410 e. The molecular formula is C16H23ClN4O3. The minimum Gasteiger partial charge on any atom is -0.444 e. The predicted molar refractivity (Wildman–Crippen MR) is 91.0 cm³/mol. The van der Waals surface area contributed by atoms with Crippen LogP contribution in [0.15, 0.2) is 12.4 Å². The summed E-state index contributed by atoms with van der Waals surface area (Å²) in [4.78, 5) is 36.0. The lowest BCUT2D eigenvalue weighted by Gasteiger charge is -2.34. The summed E-state index contributed by atoms with van der Waals surface area (Å²) < 4.78 is 5.39. The van der Waals surface area contributed by atoms with Crippen molar-refractivity contribution in [2.75, 3.05) is 25.0 Å². The van der Waals surface area contributed by atoms with Crippen molar-refractivity contribution in [1.82, 2.24) is 14.9 Å². The Morgan fingerprint density at radius 3 is 2.62 bits per heavy atom. The molecule has 2 amide bonds. The van der Waals surface area contributed by atoms with Gasteiger partial charge in [-0.25, -0.2) is 14.8 Å². The van der Waals surface area contributed by atoms with Gasteiger partial charge in [-0.05, 0) is 33.6 Å². The second-order valence-electron chi connectivity index (χ2n) is 6.83. The molecule has 0 spiro atoms. The van der Waals surface area contributed by atoms with Crippen LogP contribution < -0.4 is 4.90 Å². The van der Waals surface area contributed by atoms with Crippen LogP contribution in [0.1, 0.15) is 33.6 Å². The van der Waals surface area contributed by atoms with Gasteiger partial charge in [-0.3, -0.25) is 9.69 Å². The fourth-order valence-electron chi connectivity index (χ4n) is 2.59. The van der Waals surface area contributed by atoms with Gasteiger partial charge in [-0.1, -0.05) is 11.6 Å². The summed E-state index contributed by atoms with van der Waals surface area (Å²) >= 11 is 6.00. The highest BCUT2D eigenvalue weighted by Gasteiger charge is 2.33. The summed E-state index contributed by atoms with van der Waals surface area (Å²) in [6.45, 7) is 6.38. The average Bonchev–Trinajstić information content (AvgIpc) is 2.52. The number of amides is 2. The number of carbonyl (C=O) groups excluding carboxylic acids is 2. The minimum absolute atomic E-state index is 0.134. The topological polar surface area (TPSA) is 75.6 Å². The average molecular weight is 355 g/mol. The number of aromatic nitrogens is 2. The van der Waals surface area contributed by atoms with Crippen LogP contribution in [0.2, 0.25) is 5.15 Å². The maximum Gasteiger partial charge on any atom is 0.410 e. The Morgan fingerprint density at radius 1 is 1.33 bits per heavy atom. The van der Waals surface area contributed by atoms with Crippen LogP contribution in [0.3, 0.4) is 0 Å². The number of likely N-dealkylation sites (tertiary alicyclic amines) is 1. The van der Waals surface area contributed by atoms with Gasteiger partial charge in [0.2, 0.25) is 5.91 Å². The van der Waals surface area contributed by atoms with Crippen LogP contribution in [-0.2, 0) is 9.53 Å². The van der Waals surface area contributed by atoms with Crippen molar-refractivity contribution in [2.45, 2.75) is 39.2 Å². The van der Waals surface area contributed by atoms with Gasteiger partial charge in [0.05, 0.1) is 5.92 Å². The number of rotatable bonds is 2. The molecule has 0 radical (unpaired) electrons. The Morgan fingerprint density at radius 2 is 2.00 bits per heavy atom. The molecule has 1 saturated heterocycles. The van der Waals surface area contributed by atoms with E-state index in [1.165, 1.54) is 17.3 Å². The van der Waals surface area contributed by atoms with Crippen molar-refractivity contribution in [3.8, 4) is 0 Å². The van der Waals surface area contributed by atoms with Crippen molar-refractivity contribution in [1.29, 1.82) is 0 Å². The fraction of sp³-hybridized carbons (Fsp3) is 0.625. The highest BCUT2D eigenvalue weighted by molar-refractivity contribution is 6.32. The van der Waals surface area contributed by atoms with E-state index in [9.17, 15) is 9.59 Å². The summed E-state index contributed by atoms with van der Waals surface area (Å²) in [6.07, 6.45) is 4.02. The van der Waals surface area contributed by atoms with E-state index in [1.54, 1.807) is 11.9 Å². The van der Waals surface area contributed by atoms with Gasteiger partial charge in [0.1, 0.15) is 5.60 Å². The quantitative estimate of drug-likeness (QED) is 0.816. The zero-order valence-corrected chi connectivity index (χ0v) is 15.2. The molecule has 1 fully saturated rings. The van der Waals surface area contributed by atoms with Crippen molar-refractivity contribution in [2.24, 2.45) is 5.92 Å². The molecule has 0 bridgehead atoms. The predicted octanol–water partition coefficient (Wildman–Crippen LogP) is 2.74. The number of halogens is 1. The molecular weight excluding hydrogens is 332 g/mol. The molecule has 8 heteroatoms. The van der Waals surface area contributed by atoms with Crippen molar-refractivity contribution in [3.63, 3.8) is 0 Å². The summed E-state index contributed by atoms with van der Waals surface area (Å²) in [5.74, 6) is -0.126. The summed E-state index contributed by atoms with van der Waals surface area (Å²) in [5, 5.41) is 0.174. The van der Waals surface area contributed by atoms with Crippen LogP contribution >= 0.6 is 11.6 Å². The van der Waals surface area contributed by atoms with Crippen LogP contribution in [0.5, 0.6) is 0 Å². The van der Waals surface area contributed by atoms with Crippen molar-refractivity contribution >= 4 is 29.4 Å². The molecule has 2 rings (SSSR count). The molecule has 0 saturated carbocycles. The van der Waals surface area contributed by atoms with Gasteiger partial charge in [0.15, 0.2) is 11.0 Å². The lowest BCUT2D eigenvalue weighted by Crippen LogP contribution is -2.47. The van der Waals surface area contributed by atoms with Crippen LogP contribution in [0, 0.1) is 5.92 Å². The number of carbonyl (C=O) groups is 2. The molecule has 1 aliphatic rings. The first-order valence-electron chi connectivity index (χ1n) is 7.91. The molecule has 24 heavy (non-hydrogen) atoms. The van der Waals surface area contributed by atoms with E-state index in [0.29, 0.717) is 25.3 Å². The molecule has 1 unspecified atom stereocenters. The number of hydrogen-bond donors (Lipinski definition) is 0. The molecule has 1 aromatic heterocycles. The summed E-state index contributed by atoms with van der Waals surface area (Å²) in [7, 11) is 1.62. The third-order valence-corrected chi connectivity index (χ3v) is 3.97. The molecule has 1 aromatic rings. The van der Waals surface area contributed by atoms with E-state index < -0.39 is 5.60 Å². The van der Waals surface area contributed by atoms with E-state index in [-0.39, 0.29) is 23.1 Å². The normalized spacial score (nSPS) is 18.2. The second kappa shape index (κ2) is 7.34. The molecule has 0 aromatic carbocycles. The van der Waals surface area contributed by atoms with Gasteiger partial charge < -0.3 is 9.64 Å². The summed E-state index contributed by atoms with van der Waals surface area (Å²) in [5.41, 5.74) is -0.558. The molecule has 7 nitrogen and oxygen atoms in total. The number of hydrogen-bond acceptors (Lipinski definition) is 5. The van der Waals surface area contributed by atoms with E-state index in [4.69, 9.17) is 16.3 Å². The molecule has 0 N–H and O–H groups in total. The Kier molecular flexibility index (Phi) is 5.64. The molecule has 1 atom stereocenters. The highest BCUT2D eigenvalue weighted by atomic mass is 35.5. The Bertz CT molecular complexity index is 618. The lowest BCUT2D eigenvalue weighted by atomic mass is 9.97. The zero-order chi connectivity index (χ0) is 17.9. The lowest BCUT2D eigenvalue weighted by molar-refractivity contribution is -0.123. The third kappa shape index (κ3) is 4.56. The Labute approximate surface area is 147 Å². The second-order valence-corrected chi connectivity index (χ2v) is 7.19. The van der Waals surface area contributed by atoms with Crippen LogP contribution in [0.25, 0.3) is 0 Å². The third-order valence-electron chi connectivity index (χ3n) is 3.71. The van der Waals surface area contributed by atoms with Gasteiger partial charge >= 0.3 is 6.09 Å². The standard InChI is InChI=1S/C16H23ClN4O3/c1-16(2,3)24-15(23)21-9-5-6-11(10-21)14(22)20(4)13-12(17)18-7-8-19-13/h7-8,11H,5-6,9-10H2,1-4H3. The maximum absolute atomic E-state index is 12.7. The molecule has 2 heterocycles. The Balaban J connectivity index is 2.05. The first-order chi connectivity index (χ1) is 11.2.